The van der Waals surface area contributed by atoms with Crippen molar-refractivity contribution in [2.24, 2.45) is 5.41 Å². The van der Waals surface area contributed by atoms with Gasteiger partial charge in [0.05, 0.1) is 4.90 Å². The van der Waals surface area contributed by atoms with E-state index < -0.39 is 10.0 Å². The van der Waals surface area contributed by atoms with Crippen LogP contribution in [0.2, 0.25) is 5.02 Å². The van der Waals surface area contributed by atoms with Crippen LogP contribution in [0.3, 0.4) is 0 Å². The van der Waals surface area contributed by atoms with Crippen LogP contribution in [0.25, 0.3) is 0 Å². The second-order valence-corrected chi connectivity index (χ2v) is 8.39. The molecule has 4 nitrogen and oxygen atoms in total. The molecule has 0 saturated heterocycles. The Morgan fingerprint density at radius 3 is 2.26 bits per heavy atom. The summed E-state index contributed by atoms with van der Waals surface area (Å²) in [5, 5.41) is 0.364. The molecule has 0 atom stereocenters. The molecule has 108 valence electrons. The molecule has 0 aliphatic carbocycles. The molecule has 0 saturated carbocycles. The molecule has 0 unspecified atom stereocenters. The van der Waals surface area contributed by atoms with Crippen molar-refractivity contribution in [1.82, 2.24) is 4.31 Å². The maximum absolute atomic E-state index is 12.4. The zero-order valence-electron chi connectivity index (χ0n) is 12.0. The van der Waals surface area contributed by atoms with Crippen molar-refractivity contribution in [1.29, 1.82) is 0 Å². The molecule has 0 aromatic heterocycles. The lowest BCUT2D eigenvalue weighted by molar-refractivity contribution is 0.311. The van der Waals surface area contributed by atoms with Crippen LogP contribution in [0.1, 0.15) is 26.3 Å². The average Bonchev–Trinajstić information content (AvgIpc) is 2.22. The molecule has 0 spiro atoms. The van der Waals surface area contributed by atoms with Crippen LogP contribution in [0.5, 0.6) is 0 Å². The number of nitrogens with zero attached hydrogens (tertiary/aromatic N) is 1. The van der Waals surface area contributed by atoms with E-state index in [2.05, 4.69) is 0 Å². The lowest BCUT2D eigenvalue weighted by Gasteiger charge is -2.26. The van der Waals surface area contributed by atoms with Gasteiger partial charge in [0.15, 0.2) is 0 Å². The molecule has 0 amide bonds. The van der Waals surface area contributed by atoms with Gasteiger partial charge < -0.3 is 5.73 Å². The summed E-state index contributed by atoms with van der Waals surface area (Å²) in [7, 11) is -2.00. The van der Waals surface area contributed by atoms with Crippen molar-refractivity contribution < 1.29 is 8.42 Å². The van der Waals surface area contributed by atoms with Crippen molar-refractivity contribution in [3.05, 3.63) is 22.7 Å². The zero-order chi connectivity index (χ0) is 15.0. The molecule has 0 heterocycles. The first kappa shape index (κ1) is 16.3. The predicted octanol–water partition coefficient (Wildman–Crippen LogP) is 2.90. The van der Waals surface area contributed by atoms with Gasteiger partial charge >= 0.3 is 0 Å². The number of nitrogens with two attached hydrogens (primary N) is 1. The Labute approximate surface area is 120 Å². The summed E-state index contributed by atoms with van der Waals surface area (Å²) in [5.74, 6) is 0. The minimum absolute atomic E-state index is 0.123. The fraction of sp³-hybridized carbons (Fsp3) is 0.538. The lowest BCUT2D eigenvalue weighted by atomic mass is 9.97. The van der Waals surface area contributed by atoms with Gasteiger partial charge in [-0.3, -0.25) is 0 Å². The topological polar surface area (TPSA) is 63.4 Å². The second-order valence-electron chi connectivity index (χ2n) is 5.94. The summed E-state index contributed by atoms with van der Waals surface area (Å²) < 4.78 is 26.2. The average molecular weight is 305 g/mol. The predicted molar refractivity (Wildman–Crippen MR) is 79.9 cm³/mol. The van der Waals surface area contributed by atoms with Gasteiger partial charge in [0.2, 0.25) is 10.0 Å². The van der Waals surface area contributed by atoms with Crippen molar-refractivity contribution >= 4 is 27.3 Å². The minimum Gasteiger partial charge on any atom is -0.398 e. The van der Waals surface area contributed by atoms with Crippen molar-refractivity contribution in [2.75, 3.05) is 19.3 Å². The number of hydrogen-bond acceptors (Lipinski definition) is 3. The van der Waals surface area contributed by atoms with E-state index in [0.717, 1.165) is 0 Å². The third-order valence-corrected chi connectivity index (χ3v) is 4.94. The first-order valence-corrected chi connectivity index (χ1v) is 7.79. The maximum Gasteiger partial charge on any atom is 0.242 e. The fourth-order valence-corrected chi connectivity index (χ4v) is 3.51. The number of anilines is 1. The standard InChI is InChI=1S/C13H21ClN2O2S/c1-9-11(14)6-10(7-12(9)15)19(17,18)16(5)8-13(2,3)4/h6-7H,8,15H2,1-5H3. The Hall–Kier alpha value is -0.780. The van der Waals surface area contributed by atoms with Crippen LogP contribution >= 0.6 is 11.6 Å². The van der Waals surface area contributed by atoms with Gasteiger partial charge in [-0.1, -0.05) is 32.4 Å². The number of rotatable bonds is 3. The van der Waals surface area contributed by atoms with E-state index in [1.54, 1.807) is 14.0 Å². The van der Waals surface area contributed by atoms with E-state index in [-0.39, 0.29) is 10.3 Å². The van der Waals surface area contributed by atoms with Crippen LogP contribution in [-0.4, -0.2) is 26.3 Å². The van der Waals surface area contributed by atoms with Crippen molar-refractivity contribution in [2.45, 2.75) is 32.6 Å². The van der Waals surface area contributed by atoms with Crippen LogP contribution in [0, 0.1) is 12.3 Å². The molecule has 6 heteroatoms. The Morgan fingerprint density at radius 2 is 1.84 bits per heavy atom. The molecule has 1 aromatic rings. The summed E-state index contributed by atoms with van der Waals surface area (Å²) in [6.07, 6.45) is 0. The second kappa shape index (κ2) is 5.31. The molecular formula is C13H21ClN2O2S. The van der Waals surface area contributed by atoms with Crippen LogP contribution in [0.15, 0.2) is 17.0 Å². The van der Waals surface area contributed by atoms with Gasteiger partial charge in [-0.25, -0.2) is 12.7 Å². The van der Waals surface area contributed by atoms with E-state index in [4.69, 9.17) is 17.3 Å². The maximum atomic E-state index is 12.4. The number of benzene rings is 1. The van der Waals surface area contributed by atoms with Gasteiger partial charge in [-0.05, 0) is 30.0 Å². The Bertz CT molecular complexity index is 554. The zero-order valence-corrected chi connectivity index (χ0v) is 13.6. The van der Waals surface area contributed by atoms with Gasteiger partial charge in [0.25, 0.3) is 0 Å². The van der Waals surface area contributed by atoms with Crippen molar-refractivity contribution in [3.8, 4) is 0 Å². The van der Waals surface area contributed by atoms with Crippen molar-refractivity contribution in [3.63, 3.8) is 0 Å². The Balaban J connectivity index is 3.21. The molecule has 0 fully saturated rings. The monoisotopic (exact) mass is 304 g/mol. The van der Waals surface area contributed by atoms with E-state index in [1.165, 1.54) is 16.4 Å². The summed E-state index contributed by atoms with van der Waals surface area (Å²) in [6, 6.07) is 2.90. The molecule has 2 N–H and O–H groups in total. The van der Waals surface area contributed by atoms with E-state index in [0.29, 0.717) is 22.8 Å². The quantitative estimate of drug-likeness (QED) is 0.873. The smallest absolute Gasteiger partial charge is 0.242 e. The number of nitrogen functional groups attached to an aromatic ring is 1. The number of sulfonamides is 1. The Kier molecular flexibility index (Phi) is 4.55. The first-order chi connectivity index (χ1) is 8.45. The van der Waals surface area contributed by atoms with Crippen LogP contribution in [-0.2, 0) is 10.0 Å². The lowest BCUT2D eigenvalue weighted by Crippen LogP contribution is -2.34. The molecule has 0 aliphatic heterocycles. The summed E-state index contributed by atoms with van der Waals surface area (Å²) in [4.78, 5) is 0.132. The molecular weight excluding hydrogens is 284 g/mol. The van der Waals surface area contributed by atoms with Crippen LogP contribution < -0.4 is 5.73 Å². The molecule has 0 radical (unpaired) electrons. The molecule has 1 rings (SSSR count). The van der Waals surface area contributed by atoms with Gasteiger partial charge in [-0.15, -0.1) is 0 Å². The highest BCUT2D eigenvalue weighted by atomic mass is 35.5. The number of halogens is 1. The number of hydrogen-bond donors (Lipinski definition) is 1. The fourth-order valence-electron chi connectivity index (χ4n) is 1.76. The highest BCUT2D eigenvalue weighted by Gasteiger charge is 2.26. The summed E-state index contributed by atoms with van der Waals surface area (Å²) >= 11 is 6.00. The third-order valence-electron chi connectivity index (χ3n) is 2.76. The van der Waals surface area contributed by atoms with Gasteiger partial charge in [-0.2, -0.15) is 0 Å². The molecule has 1 aromatic carbocycles. The van der Waals surface area contributed by atoms with E-state index in [1.807, 2.05) is 20.8 Å². The van der Waals surface area contributed by atoms with Gasteiger partial charge in [0.1, 0.15) is 0 Å². The Morgan fingerprint density at radius 1 is 1.32 bits per heavy atom. The SMILES string of the molecule is Cc1c(N)cc(S(=O)(=O)N(C)CC(C)(C)C)cc1Cl. The molecule has 0 bridgehead atoms. The third kappa shape index (κ3) is 3.84. The minimum atomic E-state index is -3.57. The van der Waals surface area contributed by atoms with E-state index >= 15 is 0 Å². The molecule has 0 aliphatic rings. The molecule has 19 heavy (non-hydrogen) atoms. The summed E-state index contributed by atoms with van der Waals surface area (Å²) in [6.45, 7) is 8.12. The van der Waals surface area contributed by atoms with E-state index in [9.17, 15) is 8.42 Å². The van der Waals surface area contributed by atoms with Crippen LogP contribution in [0.4, 0.5) is 5.69 Å². The summed E-state index contributed by atoms with van der Waals surface area (Å²) in [5.41, 5.74) is 6.73. The normalized spacial score (nSPS) is 13.0. The highest BCUT2D eigenvalue weighted by molar-refractivity contribution is 7.89. The van der Waals surface area contributed by atoms with Gasteiger partial charge in [0, 0.05) is 24.3 Å². The largest absolute Gasteiger partial charge is 0.398 e. The first-order valence-electron chi connectivity index (χ1n) is 5.97. The highest BCUT2D eigenvalue weighted by Crippen LogP contribution is 2.28.